The van der Waals surface area contributed by atoms with Crippen LogP contribution in [0.2, 0.25) is 19.6 Å². The summed E-state index contributed by atoms with van der Waals surface area (Å²) in [6.45, 7) is 24.2. The van der Waals surface area contributed by atoms with Gasteiger partial charge in [0.2, 0.25) is 0 Å². The van der Waals surface area contributed by atoms with Gasteiger partial charge in [0.1, 0.15) is 16.6 Å². The van der Waals surface area contributed by atoms with E-state index in [4.69, 9.17) is 9.97 Å². The van der Waals surface area contributed by atoms with Gasteiger partial charge in [0, 0.05) is 68.3 Å². The van der Waals surface area contributed by atoms with Gasteiger partial charge in [0.25, 0.3) is 0 Å². The molecule has 0 bridgehead atoms. The van der Waals surface area contributed by atoms with Gasteiger partial charge in [-0.1, -0.05) is 148 Å². The highest BCUT2D eigenvalue weighted by Gasteiger charge is 2.29. The van der Waals surface area contributed by atoms with Crippen molar-refractivity contribution in [3.63, 3.8) is 0 Å². The van der Waals surface area contributed by atoms with Gasteiger partial charge < -0.3 is 15.0 Å². The van der Waals surface area contributed by atoms with Gasteiger partial charge in [-0.15, -0.1) is 0 Å². The Kier molecular flexibility index (Phi) is 14.7. The first-order valence-corrected chi connectivity index (χ1v) is 29.0. The smallest absolute Gasteiger partial charge is 0.171 e. The monoisotopic (exact) mass is 1120 g/mol. The number of hydrogen-bond acceptors (Lipinski definition) is 10. The summed E-state index contributed by atoms with van der Waals surface area (Å²) in [4.78, 5) is 74.4. The van der Waals surface area contributed by atoms with Crippen LogP contribution in [0.15, 0.2) is 122 Å². The SMILES string of the molecule is CC(C)(C)C(=O)c1c[nH]c2ncc(-c3ccc(I)cc3)nc12.CC(C)(C)C(=O)c1c[nH]c2ncc(-c3ccc([Si](C)(C)C)cc3)nc12.Cn1nccc1-c1ccc(-c2cnc3[nH]cc(C(=O)C(C)(C)C)c3n2)cc1. The van der Waals surface area contributed by atoms with Gasteiger partial charge in [-0.2, -0.15) is 5.10 Å². The molecule has 0 saturated heterocycles. The molecule has 3 aromatic carbocycles. The van der Waals surface area contributed by atoms with Crippen molar-refractivity contribution in [1.82, 2.24) is 54.6 Å². The van der Waals surface area contributed by atoms with Crippen molar-refractivity contribution in [3.05, 3.63) is 143 Å². The lowest BCUT2D eigenvalue weighted by atomic mass is 9.87. The number of aryl methyl sites for hydroxylation is 1. The van der Waals surface area contributed by atoms with Crippen molar-refractivity contribution in [3.8, 4) is 45.0 Å². The van der Waals surface area contributed by atoms with Crippen LogP contribution in [-0.2, 0) is 7.05 Å². The molecule has 0 atom stereocenters. The second kappa shape index (κ2) is 20.5. The summed E-state index contributed by atoms with van der Waals surface area (Å²) in [6, 6.07) is 26.7. The molecule has 378 valence electrons. The number of aromatic nitrogens is 11. The first-order valence-electron chi connectivity index (χ1n) is 24.4. The van der Waals surface area contributed by atoms with Crippen LogP contribution in [0.3, 0.4) is 0 Å². The molecule has 16 heteroatoms. The van der Waals surface area contributed by atoms with Crippen LogP contribution in [0.5, 0.6) is 0 Å². The molecule has 0 aliphatic heterocycles. The van der Waals surface area contributed by atoms with Gasteiger partial charge in [-0.3, -0.25) is 19.1 Å². The molecule has 10 rings (SSSR count). The van der Waals surface area contributed by atoms with Gasteiger partial charge in [-0.05, 0) is 46.4 Å². The lowest BCUT2D eigenvalue weighted by molar-refractivity contribution is 0.0854. The molecule has 10 aromatic rings. The first kappa shape index (κ1) is 53.0. The van der Waals surface area contributed by atoms with Crippen LogP contribution >= 0.6 is 22.6 Å². The zero-order valence-electron chi connectivity index (χ0n) is 44.2. The van der Waals surface area contributed by atoms with Crippen molar-refractivity contribution >= 4 is 86.7 Å². The molecule has 14 nitrogen and oxygen atoms in total. The number of ketones is 3. The largest absolute Gasteiger partial charge is 0.344 e. The van der Waals surface area contributed by atoms with Crippen LogP contribution < -0.4 is 5.19 Å². The van der Waals surface area contributed by atoms with E-state index in [0.29, 0.717) is 50.2 Å². The number of rotatable bonds is 8. The average molecular weight is 1120 g/mol. The molecule has 0 aliphatic rings. The van der Waals surface area contributed by atoms with E-state index in [2.05, 4.69) is 106 Å². The number of carbonyl (C=O) groups is 3. The summed E-state index contributed by atoms with van der Waals surface area (Å²) in [5.41, 5.74) is 11.6. The third-order valence-corrected chi connectivity index (χ3v) is 15.2. The third-order valence-electron chi connectivity index (χ3n) is 12.4. The number of carbonyl (C=O) groups excluding carboxylic acids is 3. The minimum absolute atomic E-state index is 0.0479. The van der Waals surface area contributed by atoms with Crippen LogP contribution in [0, 0.1) is 19.8 Å². The lowest BCUT2D eigenvalue weighted by Crippen LogP contribution is -2.37. The summed E-state index contributed by atoms with van der Waals surface area (Å²) >= 11 is 2.27. The van der Waals surface area contributed by atoms with E-state index in [1.54, 1.807) is 43.4 Å². The van der Waals surface area contributed by atoms with Crippen molar-refractivity contribution in [2.75, 3.05) is 0 Å². The quantitative estimate of drug-likeness (QED) is 0.0749. The van der Waals surface area contributed by atoms with Crippen molar-refractivity contribution < 1.29 is 14.4 Å². The Labute approximate surface area is 445 Å². The molecule has 0 unspecified atom stereocenters. The number of halogens is 1. The second-order valence-corrected chi connectivity index (χ2v) is 28.8. The number of aromatic amines is 3. The molecule has 0 spiro atoms. The number of nitrogens with zero attached hydrogens (tertiary/aromatic N) is 8. The Morgan fingerprint density at radius 3 is 1.12 bits per heavy atom. The van der Waals surface area contributed by atoms with Gasteiger partial charge in [-0.25, -0.2) is 29.9 Å². The fourth-order valence-corrected chi connectivity index (χ4v) is 9.58. The van der Waals surface area contributed by atoms with Gasteiger partial charge in [0.05, 0.1) is 66.1 Å². The fourth-order valence-electron chi connectivity index (χ4n) is 8.05. The maximum atomic E-state index is 12.7. The van der Waals surface area contributed by atoms with Crippen LogP contribution in [0.25, 0.3) is 78.5 Å². The molecule has 0 saturated carbocycles. The highest BCUT2D eigenvalue weighted by molar-refractivity contribution is 14.1. The molecule has 3 N–H and O–H groups in total. The number of nitrogens with one attached hydrogen (secondary N) is 3. The minimum atomic E-state index is -1.32. The van der Waals surface area contributed by atoms with E-state index >= 15 is 0 Å². The van der Waals surface area contributed by atoms with Crippen LogP contribution in [0.1, 0.15) is 93.4 Å². The zero-order chi connectivity index (χ0) is 53.5. The van der Waals surface area contributed by atoms with E-state index in [9.17, 15) is 14.4 Å². The standard InChI is InChI=1S/C21H21N5O.C20H25N3OSi.C17H16IN3O/c1-21(2,3)19(27)15-11-22-20-18(15)25-16(12-23-20)13-5-7-14(8-6-13)17-9-10-24-26(17)4;1-20(2,3)18(24)15-11-21-19-17(15)23-16(12-22-19)13-7-9-14(10-8-13)25(4,5)6;1-17(2,3)15(22)12-8-19-16-14(12)21-13(9-20-16)10-4-6-11(18)7-5-10/h5-12H,1-4H3,(H,22,23);7-12H,1-6H3,(H,21,22);4-9H,1-3H3,(H,19,20). The Hall–Kier alpha value is -7.31. The number of benzene rings is 3. The Morgan fingerprint density at radius 2 is 0.811 bits per heavy atom. The summed E-state index contributed by atoms with van der Waals surface area (Å²) in [6.07, 6.45) is 12.1. The number of H-pyrrole nitrogens is 3. The van der Waals surface area contributed by atoms with Gasteiger partial charge in [0.15, 0.2) is 34.3 Å². The average Bonchev–Trinajstić information content (AvgIpc) is 4.18. The maximum Gasteiger partial charge on any atom is 0.171 e. The Balaban J connectivity index is 0.000000149. The van der Waals surface area contributed by atoms with Crippen LogP contribution in [0.4, 0.5) is 0 Å². The molecule has 0 radical (unpaired) electrons. The van der Waals surface area contributed by atoms with Gasteiger partial charge >= 0.3 is 0 Å². The number of Topliss-reactive ketones (excluding diaryl/α,β-unsaturated/α-hetero) is 3. The predicted octanol–water partition coefficient (Wildman–Crippen LogP) is 13.1. The molecule has 7 aromatic heterocycles. The lowest BCUT2D eigenvalue weighted by Gasteiger charge is -2.16. The van der Waals surface area contributed by atoms with E-state index in [-0.39, 0.29) is 17.3 Å². The van der Waals surface area contributed by atoms with Crippen molar-refractivity contribution in [1.29, 1.82) is 0 Å². The molecule has 0 amide bonds. The maximum absolute atomic E-state index is 12.7. The van der Waals surface area contributed by atoms with E-state index in [0.717, 1.165) is 45.0 Å². The first-order chi connectivity index (χ1) is 34.8. The number of fused-ring (bicyclic) bond motifs is 3. The summed E-state index contributed by atoms with van der Waals surface area (Å²) < 4.78 is 3.01. The highest BCUT2D eigenvalue weighted by atomic mass is 127. The molecule has 0 aliphatic carbocycles. The highest BCUT2D eigenvalue weighted by Crippen LogP contribution is 2.31. The summed E-state index contributed by atoms with van der Waals surface area (Å²) in [5.74, 6) is 0.179. The molecular weight excluding hydrogens is 1050 g/mol. The molecule has 7 heterocycles. The van der Waals surface area contributed by atoms with E-state index in [1.165, 1.54) is 8.76 Å². The molecular formula is C58H62IN11O3Si. The topological polar surface area (TPSA) is 194 Å². The van der Waals surface area contributed by atoms with E-state index < -0.39 is 24.3 Å². The predicted molar refractivity (Wildman–Crippen MR) is 307 cm³/mol. The molecule has 0 fully saturated rings. The summed E-state index contributed by atoms with van der Waals surface area (Å²) in [7, 11) is 0.598. The normalized spacial score (nSPS) is 12.1. The van der Waals surface area contributed by atoms with Crippen molar-refractivity contribution in [2.24, 2.45) is 23.3 Å². The minimum Gasteiger partial charge on any atom is -0.344 e. The molecule has 74 heavy (non-hydrogen) atoms. The fraction of sp³-hybridized carbons (Fsp3) is 0.276. The summed E-state index contributed by atoms with van der Waals surface area (Å²) in [5, 5.41) is 5.62. The van der Waals surface area contributed by atoms with Crippen LogP contribution in [-0.4, -0.2) is 80.1 Å². The zero-order valence-corrected chi connectivity index (χ0v) is 47.4. The Morgan fingerprint density at radius 1 is 0.486 bits per heavy atom. The van der Waals surface area contributed by atoms with E-state index in [1.807, 2.05) is 129 Å². The number of hydrogen-bond donors (Lipinski definition) is 3. The third kappa shape index (κ3) is 11.6. The Bertz CT molecular complexity index is 3670. The second-order valence-electron chi connectivity index (χ2n) is 22.5. The van der Waals surface area contributed by atoms with Crippen molar-refractivity contribution in [2.45, 2.75) is 82.0 Å².